The number of esters is 1. The highest BCUT2D eigenvalue weighted by molar-refractivity contribution is 7.86. The molecule has 12 N–H and O–H groups in total. The lowest BCUT2D eigenvalue weighted by molar-refractivity contribution is -0.437. The van der Waals surface area contributed by atoms with Crippen LogP contribution in [0.5, 0.6) is 0 Å². The van der Waals surface area contributed by atoms with E-state index in [-0.39, 0.29) is 76.6 Å². The van der Waals surface area contributed by atoms with Gasteiger partial charge >= 0.3 is 61.4 Å². The first-order valence-electron chi connectivity index (χ1n) is 34.5. The molecule has 6 rings (SSSR count). The van der Waals surface area contributed by atoms with Gasteiger partial charge in [0.1, 0.15) is 30.7 Å². The molecule has 3 aliphatic rings. The Morgan fingerprint density at radius 2 is 1.32 bits per heavy atom. The SMILES string of the molecule is CCCCCOC(=O)C(CC(=O)C(CS(=O)(=O)O)NC(=O)CCCCCC1(C)/C(=C\C=C\C2=[N+](CCCS(=O)(=O)[O-])c3ccccc3C2(C)C)N(CCCS(=O)(=O)O)c2ccc(S(=O)(=O)O)cc21)CS(=O)(=O)O.CCCOP(=O)(O)OP(=O)(O)OP(=O)(O)OP(=O)(O)OP(=O)(O)OC[C@H]1O[C@@H](n2cc(C)c(=O)[nH]c2=O)C[C@H]1O.O=S(=O)=O. The molecule has 0 saturated carbocycles. The first-order chi connectivity index (χ1) is 53.5. The van der Waals surface area contributed by atoms with E-state index in [0.29, 0.717) is 36.2 Å². The molecular formula is C59H90N5O42P5S6. The number of hydrogen-bond donors (Lipinski definition) is 12. The zero-order chi connectivity index (χ0) is 89.1. The summed E-state index contributed by atoms with van der Waals surface area (Å²) >= 11 is 0. The predicted octanol–water partition coefficient (Wildman–Crippen LogP) is 3.76. The maximum atomic E-state index is 13.4. The number of rotatable bonds is 45. The molecule has 1 aromatic heterocycles. The fourth-order valence-electron chi connectivity index (χ4n) is 12.1. The van der Waals surface area contributed by atoms with Crippen LogP contribution in [0.15, 0.2) is 87.1 Å². The minimum Gasteiger partial charge on any atom is -0.748 e. The minimum absolute atomic E-state index is 0.0108. The van der Waals surface area contributed by atoms with Crippen molar-refractivity contribution in [2.45, 2.75) is 165 Å². The highest BCUT2D eigenvalue weighted by atomic mass is 32.2. The Morgan fingerprint density at radius 3 is 1.87 bits per heavy atom. The Morgan fingerprint density at radius 1 is 0.735 bits per heavy atom. The van der Waals surface area contributed by atoms with Gasteiger partial charge in [0.25, 0.3) is 46.0 Å². The Hall–Kier alpha value is -5.52. The second kappa shape index (κ2) is 43.0. The number of aryl methyl sites for hydroxylation is 1. The second-order valence-electron chi connectivity index (χ2n) is 26.8. The number of fused-ring (bicyclic) bond motifs is 2. The van der Waals surface area contributed by atoms with Crippen molar-refractivity contribution in [3.05, 3.63) is 110 Å². The lowest BCUT2D eigenvalue weighted by atomic mass is 9.77. The minimum atomic E-state index is -6.21. The number of nitrogens with one attached hydrogen (secondary N) is 2. The van der Waals surface area contributed by atoms with Crippen molar-refractivity contribution in [2.75, 3.05) is 60.8 Å². The number of aliphatic hydroxyl groups excluding tert-OH is 1. The van der Waals surface area contributed by atoms with E-state index in [0.717, 1.165) is 34.1 Å². The molecular weight excluding hydrogens is 1800 g/mol. The van der Waals surface area contributed by atoms with Crippen LogP contribution in [0.2, 0.25) is 0 Å². The molecule has 664 valence electrons. The van der Waals surface area contributed by atoms with Gasteiger partial charge in [-0.15, -0.1) is 12.6 Å². The number of phosphoric acid groups is 5. The van der Waals surface area contributed by atoms with Crippen molar-refractivity contribution >= 4 is 135 Å². The van der Waals surface area contributed by atoms with Gasteiger partial charge < -0.3 is 53.8 Å². The molecule has 8 unspecified atom stereocenters. The number of ketones is 1. The maximum absolute atomic E-state index is 13.4. The Bertz CT molecular complexity index is 5310. The fourth-order valence-corrected chi connectivity index (χ4v) is 21.5. The van der Waals surface area contributed by atoms with Crippen LogP contribution < -0.4 is 21.5 Å². The second-order valence-corrected chi connectivity index (χ2v) is 42.6. The molecule has 58 heteroatoms. The molecule has 0 aliphatic carbocycles. The molecule has 3 aromatic rings. The fraction of sp³-hybridized carbons (Fsp3) is 0.593. The van der Waals surface area contributed by atoms with E-state index in [1.54, 1.807) is 24.0 Å². The van der Waals surface area contributed by atoms with Gasteiger partial charge in [0.05, 0.1) is 63.8 Å². The zero-order valence-electron chi connectivity index (χ0n) is 62.9. The average Bonchev–Trinajstić information content (AvgIpc) is 1.59. The van der Waals surface area contributed by atoms with E-state index in [1.807, 2.05) is 60.7 Å². The molecule has 0 spiro atoms. The molecule has 3 aliphatic heterocycles. The third kappa shape index (κ3) is 35.1. The van der Waals surface area contributed by atoms with Gasteiger partial charge in [-0.1, -0.05) is 63.8 Å². The number of H-pyrrole nitrogens is 1. The third-order valence-electron chi connectivity index (χ3n) is 17.1. The van der Waals surface area contributed by atoms with Gasteiger partial charge in [-0.05, 0) is 89.6 Å². The van der Waals surface area contributed by atoms with Crippen molar-refractivity contribution in [1.29, 1.82) is 0 Å². The Kier molecular flexibility index (Phi) is 38.2. The number of phosphoric ester groups is 2. The summed E-state index contributed by atoms with van der Waals surface area (Å²) in [6.07, 6.45) is 3.75. The summed E-state index contributed by atoms with van der Waals surface area (Å²) in [5, 5.41) is 12.4. The van der Waals surface area contributed by atoms with Gasteiger partial charge in [0, 0.05) is 84.2 Å². The van der Waals surface area contributed by atoms with Crippen LogP contribution in [-0.2, 0) is 145 Å². The number of aliphatic hydroxyl groups is 1. The number of hydrogen-bond acceptors (Lipinski definition) is 34. The van der Waals surface area contributed by atoms with Crippen molar-refractivity contribution in [3.63, 3.8) is 0 Å². The topological polar surface area (TPSA) is 731 Å². The van der Waals surface area contributed by atoms with Gasteiger partial charge in [0.2, 0.25) is 11.6 Å². The molecule has 11 atom stereocenters. The van der Waals surface area contributed by atoms with Gasteiger partial charge in [-0.25, -0.2) is 36.0 Å². The van der Waals surface area contributed by atoms with Crippen molar-refractivity contribution in [3.8, 4) is 0 Å². The van der Waals surface area contributed by atoms with Crippen molar-refractivity contribution in [2.24, 2.45) is 5.92 Å². The molecule has 1 amide bonds. The van der Waals surface area contributed by atoms with Crippen LogP contribution in [-0.4, -0.2) is 219 Å². The summed E-state index contributed by atoms with van der Waals surface area (Å²) in [4.78, 5) is 113. The molecule has 0 bridgehead atoms. The van der Waals surface area contributed by atoms with Crippen molar-refractivity contribution < 1.29 is 185 Å². The highest BCUT2D eigenvalue weighted by Crippen LogP contribution is 2.74. The number of allylic oxidation sites excluding steroid dienone is 4. The van der Waals surface area contributed by atoms with E-state index >= 15 is 0 Å². The summed E-state index contributed by atoms with van der Waals surface area (Å²) in [5.41, 5.74) is 0.754. The number of carbonyl (C=O) groups is 3. The van der Waals surface area contributed by atoms with E-state index in [4.69, 9.17) is 22.1 Å². The third-order valence-corrected chi connectivity index (χ3v) is 28.7. The van der Waals surface area contributed by atoms with Crippen LogP contribution in [0.3, 0.4) is 0 Å². The van der Waals surface area contributed by atoms with Gasteiger partial charge in [-0.2, -0.15) is 55.5 Å². The normalized spacial score (nSPS) is 21.0. The monoisotopic (exact) mass is 1890 g/mol. The molecule has 1 saturated heterocycles. The summed E-state index contributed by atoms with van der Waals surface area (Å²) in [6, 6.07) is 9.52. The van der Waals surface area contributed by atoms with Crippen LogP contribution in [0.4, 0.5) is 11.4 Å². The zero-order valence-corrected chi connectivity index (χ0v) is 72.2. The summed E-state index contributed by atoms with van der Waals surface area (Å²) < 4.78 is 290. The molecule has 2 aromatic carbocycles. The van der Waals surface area contributed by atoms with E-state index in [2.05, 4.69) is 31.6 Å². The summed E-state index contributed by atoms with van der Waals surface area (Å²) in [5.74, 6) is -8.66. The molecule has 47 nitrogen and oxygen atoms in total. The maximum Gasteiger partial charge on any atom is 0.490 e. The quantitative estimate of drug-likeness (QED) is 0.0126. The standard InChI is InChI=1S/C46H65N3O19S5.C13H25N2O20P5.O3S/c1-5-6-12-26-68-44(52)33(31-71(59,60)61)29-40(50)37(32-72(62,63)64)47-43(51)20-8-7-11-23-46(4)36-30-34(73(65,66)67)21-22-39(36)49(25-15-28-70(56,57)58)42(46)19-13-18-41-45(2,3)35-16-9-10-17-38(35)48(41)24-14-27-69(53,54)55;1-3-4-29-36(19,20)32-38(23,24)34-40(27,28)35-39(25,26)33-37(21,22)30-7-10-9(16)5-11(31-10)15-6-8(2)12(17)14-13(15)18;1-4(2)3/h9-10,13,16-19,21-22,30,33,37H,5-8,11-12,14-15,20,23-29,31-32H2,1-4H3,(H5-,47,51,53,54,55,56,57,58,59,60,61,62,63,64,65,66,67);6,9-11,16H,3-5,7H2,1-2H3,(H,19,20)(H,21,22)(H,23,24)(H,25,26)(H,27,28)(H,14,17,18);/t;9-,10-,11-;/m.1./s1. The molecule has 117 heavy (non-hydrogen) atoms. The molecule has 0 radical (unpaired) electrons. The number of Topliss-reactive ketones (excluding diaryl/α,β-unsaturated/α-hetero) is 1. The van der Waals surface area contributed by atoms with E-state index < -0.39 is 218 Å². The number of anilines is 1. The number of aromatic nitrogens is 2. The number of carbonyl (C=O) groups excluding carboxylic acids is 3. The number of ether oxygens (including phenoxy) is 2. The number of nitrogens with zero attached hydrogens (tertiary/aromatic N) is 3. The number of amides is 1. The number of benzene rings is 2. The molecule has 1 fully saturated rings. The molecule has 4 heterocycles. The smallest absolute Gasteiger partial charge is 0.490 e. The lowest BCUT2D eigenvalue weighted by Crippen LogP contribution is -2.46. The van der Waals surface area contributed by atoms with Gasteiger partial charge in [0.15, 0.2) is 11.5 Å². The summed E-state index contributed by atoms with van der Waals surface area (Å²) in [7, 11) is -55.9. The lowest BCUT2D eigenvalue weighted by Gasteiger charge is -2.30. The van der Waals surface area contributed by atoms with Crippen LogP contribution in [0.25, 0.3) is 0 Å². The summed E-state index contributed by atoms with van der Waals surface area (Å²) in [6.45, 7) is 9.08. The number of unbranched alkanes of at least 4 members (excludes halogenated alkanes) is 4. The number of para-hydroxylation sites is 1. The van der Waals surface area contributed by atoms with Gasteiger partial charge in [-0.3, -0.25) is 56.0 Å². The van der Waals surface area contributed by atoms with E-state index in [1.165, 1.54) is 32.0 Å². The Balaban J connectivity index is 0.000000549. The highest BCUT2D eigenvalue weighted by Gasteiger charge is 2.50. The average molecular weight is 1890 g/mol. The van der Waals surface area contributed by atoms with Crippen molar-refractivity contribution in [1.82, 2.24) is 14.9 Å². The van der Waals surface area contributed by atoms with Crippen LogP contribution in [0.1, 0.15) is 141 Å². The van der Waals surface area contributed by atoms with E-state index in [9.17, 15) is 141 Å². The largest absolute Gasteiger partial charge is 0.748 e. The first-order valence-corrected chi connectivity index (χ1v) is 50.8. The van der Waals surface area contributed by atoms with Crippen LogP contribution in [0, 0.1) is 12.8 Å². The first kappa shape index (κ1) is 104. The van der Waals surface area contributed by atoms with Crippen LogP contribution >= 0.6 is 39.1 Å². The Labute approximate surface area is 672 Å². The number of aromatic amines is 1. The predicted molar refractivity (Wildman–Crippen MR) is 405 cm³/mol.